The second-order valence-electron chi connectivity index (χ2n) is 11.3. The van der Waals surface area contributed by atoms with Crippen molar-refractivity contribution in [2.24, 2.45) is 5.92 Å². The van der Waals surface area contributed by atoms with Crippen LogP contribution in [0.5, 0.6) is 0 Å². The molecule has 0 bridgehead atoms. The minimum absolute atomic E-state index is 0.00443. The number of amides is 1. The molecule has 6 aliphatic rings. The summed E-state index contributed by atoms with van der Waals surface area (Å²) in [6.07, 6.45) is 6.47. The SMILES string of the molecule is O=C(NCCN1CCOCC1)C1=CN2C3CC(Cl)CCC3OC3CC(N4CCNCC4)CC(C1=O)C32. The van der Waals surface area contributed by atoms with Gasteiger partial charge >= 0.3 is 0 Å². The Morgan fingerprint density at radius 2 is 1.89 bits per heavy atom. The Morgan fingerprint density at radius 1 is 1.08 bits per heavy atom. The Morgan fingerprint density at radius 3 is 2.69 bits per heavy atom. The number of morpholine rings is 2. The molecule has 7 unspecified atom stereocenters. The number of halogens is 1. The van der Waals surface area contributed by atoms with Gasteiger partial charge in [-0.25, -0.2) is 0 Å². The minimum atomic E-state index is -0.242. The summed E-state index contributed by atoms with van der Waals surface area (Å²) < 4.78 is 12.1. The lowest BCUT2D eigenvalue weighted by atomic mass is 9.70. The molecule has 2 saturated carbocycles. The van der Waals surface area contributed by atoms with Crippen LogP contribution in [0.2, 0.25) is 0 Å². The van der Waals surface area contributed by atoms with Crippen molar-refractivity contribution >= 4 is 23.3 Å². The molecular weight excluding hydrogens is 482 g/mol. The van der Waals surface area contributed by atoms with Crippen molar-refractivity contribution in [1.82, 2.24) is 25.3 Å². The second-order valence-corrected chi connectivity index (χ2v) is 11.9. The average Bonchev–Trinajstić information content (AvgIpc) is 2.91. The van der Waals surface area contributed by atoms with E-state index in [1.807, 2.05) is 6.20 Å². The van der Waals surface area contributed by atoms with Crippen LogP contribution < -0.4 is 10.6 Å². The van der Waals surface area contributed by atoms with Crippen LogP contribution in [0.15, 0.2) is 11.8 Å². The summed E-state index contributed by atoms with van der Waals surface area (Å²) in [5.41, 5.74) is 0.315. The van der Waals surface area contributed by atoms with E-state index in [1.165, 1.54) is 0 Å². The molecular formula is C26H40ClN5O4. The molecule has 7 atom stereocenters. The highest BCUT2D eigenvalue weighted by Gasteiger charge is 2.55. The minimum Gasteiger partial charge on any atom is -0.379 e. The van der Waals surface area contributed by atoms with E-state index >= 15 is 0 Å². The van der Waals surface area contributed by atoms with E-state index in [0.717, 1.165) is 91.1 Å². The van der Waals surface area contributed by atoms with Gasteiger partial charge in [-0.1, -0.05) is 0 Å². The van der Waals surface area contributed by atoms with Gasteiger partial charge < -0.3 is 25.0 Å². The molecule has 1 amide bonds. The van der Waals surface area contributed by atoms with Crippen LogP contribution in [0.4, 0.5) is 0 Å². The Kier molecular flexibility index (Phi) is 7.57. The number of piperazine rings is 1. The van der Waals surface area contributed by atoms with Crippen LogP contribution in [-0.4, -0.2) is 128 Å². The zero-order chi connectivity index (χ0) is 24.6. The van der Waals surface area contributed by atoms with Gasteiger partial charge in [0.15, 0.2) is 5.78 Å². The largest absolute Gasteiger partial charge is 0.379 e. The highest BCUT2D eigenvalue weighted by atomic mass is 35.5. The predicted octanol–water partition coefficient (Wildman–Crippen LogP) is 0.183. The van der Waals surface area contributed by atoms with Gasteiger partial charge in [0, 0.05) is 75.9 Å². The van der Waals surface area contributed by atoms with Gasteiger partial charge in [-0.3, -0.25) is 19.4 Å². The van der Waals surface area contributed by atoms with Crippen molar-refractivity contribution in [3.05, 3.63) is 11.8 Å². The molecule has 0 aromatic carbocycles. The van der Waals surface area contributed by atoms with E-state index in [0.29, 0.717) is 18.2 Å². The molecule has 2 aliphatic carbocycles. The van der Waals surface area contributed by atoms with Gasteiger partial charge in [0.1, 0.15) is 0 Å². The lowest BCUT2D eigenvalue weighted by Gasteiger charge is -2.59. The molecule has 5 fully saturated rings. The van der Waals surface area contributed by atoms with Crippen LogP contribution in [0.3, 0.4) is 0 Å². The maximum absolute atomic E-state index is 13.9. The number of hydrogen-bond acceptors (Lipinski definition) is 8. The van der Waals surface area contributed by atoms with Crippen molar-refractivity contribution < 1.29 is 19.1 Å². The number of carbonyl (C=O) groups is 2. The summed E-state index contributed by atoms with van der Waals surface area (Å²) in [7, 11) is 0. The average molecular weight is 522 g/mol. The molecule has 0 aromatic rings. The van der Waals surface area contributed by atoms with E-state index in [4.69, 9.17) is 21.1 Å². The third-order valence-corrected chi connectivity index (χ3v) is 9.60. The summed E-state index contributed by atoms with van der Waals surface area (Å²) in [5.74, 6) is -0.468. The first kappa shape index (κ1) is 25.1. The van der Waals surface area contributed by atoms with Crippen molar-refractivity contribution in [3.8, 4) is 0 Å². The van der Waals surface area contributed by atoms with Crippen molar-refractivity contribution in [3.63, 3.8) is 0 Å². The number of ether oxygens (including phenoxy) is 2. The highest BCUT2D eigenvalue weighted by Crippen LogP contribution is 2.46. The lowest BCUT2D eigenvalue weighted by Crippen LogP contribution is -2.69. The van der Waals surface area contributed by atoms with Gasteiger partial charge in [0.05, 0.1) is 43.1 Å². The molecule has 36 heavy (non-hydrogen) atoms. The number of ketones is 1. The number of hydrogen-bond donors (Lipinski definition) is 2. The molecule has 0 radical (unpaired) electrons. The Hall–Kier alpha value is -1.23. The van der Waals surface area contributed by atoms with E-state index in [2.05, 4.69) is 25.3 Å². The van der Waals surface area contributed by atoms with Gasteiger partial charge in [-0.15, -0.1) is 11.6 Å². The monoisotopic (exact) mass is 521 g/mol. The number of nitrogens with one attached hydrogen (secondary N) is 2. The molecule has 200 valence electrons. The normalized spacial score (nSPS) is 39.7. The molecule has 4 aliphatic heterocycles. The first-order valence-corrected chi connectivity index (χ1v) is 14.4. The summed E-state index contributed by atoms with van der Waals surface area (Å²) >= 11 is 6.61. The molecule has 10 heteroatoms. The van der Waals surface area contributed by atoms with Crippen molar-refractivity contribution in [1.29, 1.82) is 0 Å². The van der Waals surface area contributed by atoms with Crippen LogP contribution in [-0.2, 0) is 19.1 Å². The first-order valence-electron chi connectivity index (χ1n) is 13.9. The maximum atomic E-state index is 13.9. The Bertz CT molecular complexity index is 861. The number of carbonyl (C=O) groups excluding carboxylic acids is 2. The molecule has 0 aromatic heterocycles. The molecule has 2 N–H and O–H groups in total. The van der Waals surface area contributed by atoms with Gasteiger partial charge in [-0.05, 0) is 32.1 Å². The van der Waals surface area contributed by atoms with Crippen molar-refractivity contribution in [2.45, 2.75) is 67.8 Å². The fraction of sp³-hybridized carbons (Fsp3) is 0.846. The van der Waals surface area contributed by atoms with Crippen LogP contribution in [0.25, 0.3) is 0 Å². The van der Waals surface area contributed by atoms with Crippen LogP contribution >= 0.6 is 11.6 Å². The van der Waals surface area contributed by atoms with E-state index < -0.39 is 0 Å². The second kappa shape index (κ2) is 10.9. The standard InChI is InChI=1S/C26H40ClN5O4/c27-17-1-2-22-21(13-17)32-16-20(26(34)29-5-6-30-9-11-35-12-10-30)25(33)19-14-18(15-23(36-22)24(19)32)31-7-3-28-4-8-31/h16-19,21-24,28H,1-15H2,(H,29,34). The molecule has 6 rings (SSSR count). The van der Waals surface area contributed by atoms with Crippen LogP contribution in [0.1, 0.15) is 32.1 Å². The first-order chi connectivity index (χ1) is 17.6. The van der Waals surface area contributed by atoms with E-state index in [1.54, 1.807) is 0 Å². The predicted molar refractivity (Wildman–Crippen MR) is 136 cm³/mol. The van der Waals surface area contributed by atoms with Crippen LogP contribution in [0, 0.1) is 5.92 Å². The fourth-order valence-corrected chi connectivity index (χ4v) is 7.65. The quantitative estimate of drug-likeness (QED) is 0.391. The summed E-state index contributed by atoms with van der Waals surface area (Å²) in [6.45, 7) is 8.49. The third kappa shape index (κ3) is 4.95. The zero-order valence-corrected chi connectivity index (χ0v) is 21.8. The fourth-order valence-electron chi connectivity index (χ4n) is 7.34. The smallest absolute Gasteiger partial charge is 0.256 e. The van der Waals surface area contributed by atoms with E-state index in [9.17, 15) is 9.59 Å². The molecule has 9 nitrogen and oxygen atoms in total. The molecule has 4 heterocycles. The van der Waals surface area contributed by atoms with Gasteiger partial charge in [-0.2, -0.15) is 0 Å². The molecule has 0 spiro atoms. The van der Waals surface area contributed by atoms with Gasteiger partial charge in [0.2, 0.25) is 0 Å². The number of rotatable bonds is 5. The zero-order valence-electron chi connectivity index (χ0n) is 21.1. The van der Waals surface area contributed by atoms with Crippen molar-refractivity contribution in [2.75, 3.05) is 65.6 Å². The lowest BCUT2D eigenvalue weighted by molar-refractivity contribution is -0.188. The Balaban J connectivity index is 1.22. The number of fused-ring (bicyclic) bond motifs is 2. The topological polar surface area (TPSA) is 86.4 Å². The highest BCUT2D eigenvalue weighted by molar-refractivity contribution is 6.21. The Labute approximate surface area is 218 Å². The summed E-state index contributed by atoms with van der Waals surface area (Å²) in [4.78, 5) is 34.4. The number of Topliss-reactive ketones (excluding diaryl/α,β-unsaturated/α-hetero) is 1. The number of nitrogens with zero attached hydrogens (tertiary/aromatic N) is 3. The summed E-state index contributed by atoms with van der Waals surface area (Å²) in [6, 6.07) is 0.448. The number of alkyl halides is 1. The maximum Gasteiger partial charge on any atom is 0.256 e. The summed E-state index contributed by atoms with van der Waals surface area (Å²) in [5, 5.41) is 6.59. The van der Waals surface area contributed by atoms with E-state index in [-0.39, 0.29) is 47.3 Å². The van der Waals surface area contributed by atoms with Gasteiger partial charge in [0.25, 0.3) is 5.91 Å². The third-order valence-electron chi connectivity index (χ3n) is 9.20. The molecule has 3 saturated heterocycles.